The van der Waals surface area contributed by atoms with E-state index in [1.54, 1.807) is 12.4 Å². The van der Waals surface area contributed by atoms with Crippen LogP contribution in [0.25, 0.3) is 11.3 Å². The average molecular weight is 443 g/mol. The number of para-hydroxylation sites is 1. The van der Waals surface area contributed by atoms with Gasteiger partial charge < -0.3 is 15.5 Å². The van der Waals surface area contributed by atoms with E-state index in [1.807, 2.05) is 53.4 Å². The lowest BCUT2D eigenvalue weighted by molar-refractivity contribution is -0.135. The number of benzene rings is 1. The molecule has 33 heavy (non-hydrogen) atoms. The van der Waals surface area contributed by atoms with E-state index in [1.165, 1.54) is 0 Å². The van der Waals surface area contributed by atoms with Crippen molar-refractivity contribution in [3.63, 3.8) is 0 Å². The zero-order chi connectivity index (χ0) is 22.6. The van der Waals surface area contributed by atoms with Gasteiger partial charge >= 0.3 is 0 Å². The van der Waals surface area contributed by atoms with Gasteiger partial charge in [0.05, 0.1) is 5.69 Å². The van der Waals surface area contributed by atoms with Crippen LogP contribution in [-0.2, 0) is 9.59 Å². The minimum Gasteiger partial charge on any atom is -0.344 e. The second-order valence-corrected chi connectivity index (χ2v) is 8.51. The first kappa shape index (κ1) is 21.1. The molecule has 2 aliphatic heterocycles. The van der Waals surface area contributed by atoms with Crippen molar-refractivity contribution in [3.8, 4) is 11.3 Å². The number of carbonyl (C=O) groups is 2. The predicted octanol–water partition coefficient (Wildman–Crippen LogP) is 3.27. The smallest absolute Gasteiger partial charge is 0.245 e. The van der Waals surface area contributed by atoms with Crippen LogP contribution in [0, 0.1) is 0 Å². The van der Waals surface area contributed by atoms with Crippen LogP contribution in [-0.4, -0.2) is 50.8 Å². The fraction of sp³-hybridized carbons (Fsp3) is 0.320. The molecule has 2 N–H and O–H groups in total. The van der Waals surface area contributed by atoms with E-state index in [2.05, 4.69) is 15.6 Å². The Hall–Kier alpha value is -3.81. The molecule has 0 radical (unpaired) electrons. The molecule has 2 amide bonds. The number of hydrogen-bond donors (Lipinski definition) is 2. The molecule has 8 nitrogen and oxygen atoms in total. The Labute approximate surface area is 192 Å². The topological polar surface area (TPSA) is 100 Å². The molecule has 1 aromatic carbocycles. The lowest BCUT2D eigenvalue weighted by Crippen LogP contribution is -2.48. The van der Waals surface area contributed by atoms with Crippen molar-refractivity contribution in [1.82, 2.24) is 25.2 Å². The van der Waals surface area contributed by atoms with Gasteiger partial charge in [-0.15, -0.1) is 0 Å². The molecule has 0 saturated carbocycles. The van der Waals surface area contributed by atoms with Crippen LogP contribution < -0.4 is 10.6 Å². The third kappa shape index (κ3) is 4.84. The number of rotatable bonds is 5. The van der Waals surface area contributed by atoms with Gasteiger partial charge in [0.2, 0.25) is 11.8 Å². The number of hydrogen-bond acceptors (Lipinski definition) is 6. The second kappa shape index (κ2) is 9.36. The maximum absolute atomic E-state index is 13.0. The van der Waals surface area contributed by atoms with Gasteiger partial charge in [-0.05, 0) is 43.5 Å². The first-order valence-corrected chi connectivity index (χ1v) is 11.4. The zero-order valence-electron chi connectivity index (χ0n) is 18.3. The summed E-state index contributed by atoms with van der Waals surface area (Å²) in [5.41, 5.74) is 2.72. The van der Waals surface area contributed by atoms with Crippen LogP contribution in [0.5, 0.6) is 0 Å². The van der Waals surface area contributed by atoms with Crippen molar-refractivity contribution >= 4 is 23.3 Å². The molecule has 2 saturated heterocycles. The van der Waals surface area contributed by atoms with Gasteiger partial charge in [-0.3, -0.25) is 14.6 Å². The highest BCUT2D eigenvalue weighted by Crippen LogP contribution is 2.29. The Morgan fingerprint density at radius 2 is 1.88 bits per heavy atom. The Balaban J connectivity index is 1.42. The number of pyridine rings is 1. The van der Waals surface area contributed by atoms with E-state index in [-0.39, 0.29) is 17.7 Å². The highest BCUT2D eigenvalue weighted by Gasteiger charge is 2.34. The van der Waals surface area contributed by atoms with E-state index in [0.717, 1.165) is 35.6 Å². The summed E-state index contributed by atoms with van der Waals surface area (Å²) >= 11 is 0. The van der Waals surface area contributed by atoms with E-state index >= 15 is 0 Å². The number of likely N-dealkylation sites (tertiary alicyclic amines) is 1. The Morgan fingerprint density at radius 3 is 2.64 bits per heavy atom. The molecule has 0 spiro atoms. The van der Waals surface area contributed by atoms with Crippen LogP contribution in [0.15, 0.2) is 60.9 Å². The lowest BCUT2D eigenvalue weighted by Gasteiger charge is -2.33. The molecule has 2 aromatic heterocycles. The van der Waals surface area contributed by atoms with Gasteiger partial charge in [-0.2, -0.15) is 0 Å². The highest BCUT2D eigenvalue weighted by molar-refractivity contribution is 5.90. The van der Waals surface area contributed by atoms with Crippen molar-refractivity contribution in [3.05, 3.63) is 66.7 Å². The summed E-state index contributed by atoms with van der Waals surface area (Å²) in [6, 6.07) is 15.3. The van der Waals surface area contributed by atoms with Crippen LogP contribution in [0.1, 0.15) is 37.4 Å². The first-order chi connectivity index (χ1) is 16.2. The summed E-state index contributed by atoms with van der Waals surface area (Å²) in [7, 11) is 0. The second-order valence-electron chi connectivity index (χ2n) is 8.51. The number of anilines is 2. The molecule has 5 rings (SSSR count). The van der Waals surface area contributed by atoms with Crippen LogP contribution >= 0.6 is 0 Å². The fourth-order valence-electron chi connectivity index (χ4n) is 4.46. The minimum atomic E-state index is -0.407. The molecule has 0 aliphatic carbocycles. The van der Waals surface area contributed by atoms with E-state index in [0.29, 0.717) is 31.7 Å². The summed E-state index contributed by atoms with van der Waals surface area (Å²) in [6.07, 6.45) is 6.26. The number of nitrogens with zero attached hydrogens (tertiary/aromatic N) is 4. The van der Waals surface area contributed by atoms with Gasteiger partial charge in [0.15, 0.2) is 0 Å². The van der Waals surface area contributed by atoms with Crippen molar-refractivity contribution < 1.29 is 9.59 Å². The Kier molecular flexibility index (Phi) is 5.97. The fourth-order valence-corrected chi connectivity index (χ4v) is 4.46. The third-order valence-corrected chi connectivity index (χ3v) is 6.16. The number of carbonyl (C=O) groups excluding carboxylic acids is 2. The monoisotopic (exact) mass is 442 g/mol. The molecule has 8 heteroatoms. The van der Waals surface area contributed by atoms with E-state index in [4.69, 9.17) is 9.97 Å². The van der Waals surface area contributed by atoms with Crippen LogP contribution in [0.2, 0.25) is 0 Å². The SMILES string of the molecule is O=C1CC[C@@H](C(=O)N2CCCC(c3nc(Nc4ccccc4)cc(-c4ccncc4)n3)C2)N1. The number of piperidine rings is 1. The van der Waals surface area contributed by atoms with Gasteiger partial charge in [-0.1, -0.05) is 18.2 Å². The minimum absolute atomic E-state index is 0.00141. The van der Waals surface area contributed by atoms with Crippen molar-refractivity contribution in [1.29, 1.82) is 0 Å². The standard InChI is InChI=1S/C25H26N6O2/c32-23-9-8-20(28-23)25(33)31-14-4-5-18(16-31)24-29-21(17-10-12-26-13-11-17)15-22(30-24)27-19-6-2-1-3-7-19/h1-3,6-7,10-13,15,18,20H,4-5,8-9,14,16H2,(H,28,32)(H,27,29,30)/t18?,20-/m0/s1. The molecule has 3 aromatic rings. The molecule has 2 aliphatic rings. The van der Waals surface area contributed by atoms with Crippen molar-refractivity contribution in [2.75, 3.05) is 18.4 Å². The van der Waals surface area contributed by atoms with Crippen molar-refractivity contribution in [2.45, 2.75) is 37.6 Å². The quantitative estimate of drug-likeness (QED) is 0.629. The summed E-state index contributed by atoms with van der Waals surface area (Å²) in [5, 5.41) is 6.18. The van der Waals surface area contributed by atoms with Gasteiger partial charge in [0.1, 0.15) is 17.7 Å². The zero-order valence-corrected chi connectivity index (χ0v) is 18.3. The molecular weight excluding hydrogens is 416 g/mol. The number of amides is 2. The molecule has 2 fully saturated rings. The number of nitrogens with one attached hydrogen (secondary N) is 2. The van der Waals surface area contributed by atoms with Crippen molar-refractivity contribution in [2.24, 2.45) is 0 Å². The number of aromatic nitrogens is 3. The first-order valence-electron chi connectivity index (χ1n) is 11.4. The van der Waals surface area contributed by atoms with Gasteiger partial charge in [-0.25, -0.2) is 9.97 Å². The molecule has 2 atom stereocenters. The van der Waals surface area contributed by atoms with Gasteiger partial charge in [0.25, 0.3) is 0 Å². The maximum Gasteiger partial charge on any atom is 0.245 e. The molecule has 4 heterocycles. The predicted molar refractivity (Wildman–Crippen MR) is 125 cm³/mol. The highest BCUT2D eigenvalue weighted by atomic mass is 16.2. The summed E-state index contributed by atoms with van der Waals surface area (Å²) in [4.78, 5) is 40.2. The molecule has 1 unspecified atom stereocenters. The van der Waals surface area contributed by atoms with Crippen LogP contribution in [0.4, 0.5) is 11.5 Å². The van der Waals surface area contributed by atoms with E-state index < -0.39 is 6.04 Å². The normalized spacial score (nSPS) is 20.4. The lowest BCUT2D eigenvalue weighted by atomic mass is 9.96. The Morgan fingerprint density at radius 1 is 1.06 bits per heavy atom. The molecule has 0 bridgehead atoms. The van der Waals surface area contributed by atoms with E-state index in [9.17, 15) is 9.59 Å². The average Bonchev–Trinajstić information content (AvgIpc) is 3.31. The summed E-state index contributed by atoms with van der Waals surface area (Å²) in [5.74, 6) is 1.41. The largest absolute Gasteiger partial charge is 0.344 e. The molecule has 168 valence electrons. The van der Waals surface area contributed by atoms with Gasteiger partial charge in [0, 0.05) is 55.1 Å². The summed E-state index contributed by atoms with van der Waals surface area (Å²) in [6.45, 7) is 1.25. The maximum atomic E-state index is 13.0. The third-order valence-electron chi connectivity index (χ3n) is 6.16. The van der Waals surface area contributed by atoms with Crippen LogP contribution in [0.3, 0.4) is 0 Å². The Bertz CT molecular complexity index is 1140. The molecular formula is C25H26N6O2. The summed E-state index contributed by atoms with van der Waals surface area (Å²) < 4.78 is 0.